The molecule has 140 valence electrons. The maximum atomic E-state index is 10.7. The van der Waals surface area contributed by atoms with E-state index in [9.17, 15) is 15.3 Å². The van der Waals surface area contributed by atoms with Crippen LogP contribution < -0.4 is 4.74 Å². The van der Waals surface area contributed by atoms with Crippen LogP contribution in [0.5, 0.6) is 11.6 Å². The Morgan fingerprint density at radius 1 is 1.19 bits per heavy atom. The molecule has 8 nitrogen and oxygen atoms in total. The second kappa shape index (κ2) is 8.00. The van der Waals surface area contributed by atoms with Crippen molar-refractivity contribution >= 4 is 16.3 Å². The van der Waals surface area contributed by atoms with Crippen molar-refractivity contribution in [3.05, 3.63) is 40.5 Å². The summed E-state index contributed by atoms with van der Waals surface area (Å²) in [6.07, 6.45) is 0. The highest BCUT2D eigenvalue weighted by Crippen LogP contribution is 2.40. The van der Waals surface area contributed by atoms with Gasteiger partial charge in [-0.15, -0.1) is 5.10 Å². The zero-order valence-corrected chi connectivity index (χ0v) is 15.5. The van der Waals surface area contributed by atoms with Crippen molar-refractivity contribution in [2.24, 2.45) is 0 Å². The lowest BCUT2D eigenvalue weighted by molar-refractivity contribution is 0.136. The Bertz CT molecular complexity index is 856. The van der Waals surface area contributed by atoms with Crippen LogP contribution in [0.25, 0.3) is 4.96 Å². The van der Waals surface area contributed by atoms with Crippen molar-refractivity contribution in [3.63, 3.8) is 0 Å². The van der Waals surface area contributed by atoms with Crippen LogP contribution in [0.1, 0.15) is 22.3 Å². The van der Waals surface area contributed by atoms with Crippen LogP contribution in [0.3, 0.4) is 0 Å². The van der Waals surface area contributed by atoms with Gasteiger partial charge in [0, 0.05) is 13.1 Å². The SMILES string of the molecule is COc1ccc(C(c2sc3nc(C)nn3c2O)N(CCO)CCO)cc1. The fourth-order valence-electron chi connectivity index (χ4n) is 2.97. The molecule has 26 heavy (non-hydrogen) atoms. The summed E-state index contributed by atoms with van der Waals surface area (Å²) in [5.74, 6) is 1.33. The summed E-state index contributed by atoms with van der Waals surface area (Å²) in [6.45, 7) is 2.34. The Morgan fingerprint density at radius 2 is 1.85 bits per heavy atom. The maximum absolute atomic E-state index is 10.7. The number of rotatable bonds is 8. The second-order valence-corrected chi connectivity index (χ2v) is 6.81. The van der Waals surface area contributed by atoms with E-state index in [-0.39, 0.29) is 25.1 Å². The molecule has 2 aromatic heterocycles. The number of benzene rings is 1. The predicted molar refractivity (Wildman–Crippen MR) is 97.8 cm³/mol. The molecule has 3 N–H and O–H groups in total. The number of nitrogens with zero attached hydrogens (tertiary/aromatic N) is 4. The summed E-state index contributed by atoms with van der Waals surface area (Å²) >= 11 is 1.34. The molecule has 0 radical (unpaired) electrons. The standard InChI is InChI=1S/C17H22N4O4S/c1-11-18-17-21(19-11)16(24)15(26-17)14(20(7-9-22)8-10-23)12-3-5-13(25-2)6-4-12/h3-6,14,22-24H,7-10H2,1-2H3. The van der Waals surface area contributed by atoms with Gasteiger partial charge >= 0.3 is 0 Å². The molecule has 1 unspecified atom stereocenters. The minimum absolute atomic E-state index is 0.0206. The van der Waals surface area contributed by atoms with Gasteiger partial charge in [0.05, 0.1) is 31.2 Å². The van der Waals surface area contributed by atoms with Crippen molar-refractivity contribution in [2.75, 3.05) is 33.4 Å². The van der Waals surface area contributed by atoms with E-state index in [2.05, 4.69) is 10.1 Å². The van der Waals surface area contributed by atoms with E-state index in [1.807, 2.05) is 29.2 Å². The van der Waals surface area contributed by atoms with Crippen LogP contribution in [0.4, 0.5) is 0 Å². The maximum Gasteiger partial charge on any atom is 0.230 e. The monoisotopic (exact) mass is 378 g/mol. The fourth-order valence-corrected chi connectivity index (χ4v) is 4.13. The molecule has 9 heteroatoms. The molecular formula is C17H22N4O4S. The van der Waals surface area contributed by atoms with Crippen molar-refractivity contribution in [1.82, 2.24) is 19.5 Å². The van der Waals surface area contributed by atoms with Crippen LogP contribution in [0.15, 0.2) is 24.3 Å². The highest BCUT2D eigenvalue weighted by Gasteiger charge is 2.29. The van der Waals surface area contributed by atoms with Crippen LogP contribution in [0.2, 0.25) is 0 Å². The molecular weight excluding hydrogens is 356 g/mol. The van der Waals surface area contributed by atoms with Crippen LogP contribution in [-0.4, -0.2) is 68.2 Å². The molecule has 3 rings (SSSR count). The van der Waals surface area contributed by atoms with Crippen molar-refractivity contribution in [3.8, 4) is 11.6 Å². The number of hydrogen-bond donors (Lipinski definition) is 3. The molecule has 2 heterocycles. The summed E-state index contributed by atoms with van der Waals surface area (Å²) < 4.78 is 6.64. The van der Waals surface area contributed by atoms with Crippen LogP contribution >= 0.6 is 11.3 Å². The Morgan fingerprint density at radius 3 is 2.38 bits per heavy atom. The average Bonchev–Trinajstić information content (AvgIpc) is 3.14. The van der Waals surface area contributed by atoms with Gasteiger partial charge in [0.2, 0.25) is 10.8 Å². The molecule has 1 atom stereocenters. The number of aromatic hydroxyl groups is 1. The molecule has 0 aliphatic carbocycles. The minimum atomic E-state index is -0.353. The zero-order valence-electron chi connectivity index (χ0n) is 14.7. The lowest BCUT2D eigenvalue weighted by Crippen LogP contribution is -2.34. The number of ether oxygens (including phenoxy) is 1. The van der Waals surface area contributed by atoms with E-state index in [4.69, 9.17) is 4.74 Å². The quantitative estimate of drug-likeness (QED) is 0.541. The largest absolute Gasteiger partial charge is 0.497 e. The average molecular weight is 378 g/mol. The number of aliphatic hydroxyl groups excluding tert-OH is 2. The number of methoxy groups -OCH3 is 1. The molecule has 0 saturated heterocycles. The lowest BCUT2D eigenvalue weighted by atomic mass is 10.0. The molecule has 0 aliphatic heterocycles. The Hall–Kier alpha value is -2.20. The Kier molecular flexibility index (Phi) is 5.72. The molecule has 0 aliphatic rings. The van der Waals surface area contributed by atoms with Gasteiger partial charge in [-0.2, -0.15) is 4.52 Å². The van der Waals surface area contributed by atoms with E-state index in [0.717, 1.165) is 11.3 Å². The molecule has 1 aromatic carbocycles. The highest BCUT2D eigenvalue weighted by molar-refractivity contribution is 7.17. The van der Waals surface area contributed by atoms with Crippen LogP contribution in [-0.2, 0) is 0 Å². The van der Waals surface area contributed by atoms with E-state index < -0.39 is 0 Å². The summed E-state index contributed by atoms with van der Waals surface area (Å²) in [6, 6.07) is 7.15. The summed E-state index contributed by atoms with van der Waals surface area (Å²) in [5, 5.41) is 33.9. The molecule has 0 saturated carbocycles. The minimum Gasteiger partial charge on any atom is -0.497 e. The third kappa shape index (κ3) is 3.51. The van der Waals surface area contributed by atoms with Crippen molar-refractivity contribution < 1.29 is 20.1 Å². The smallest absolute Gasteiger partial charge is 0.230 e. The fraction of sp³-hybridized carbons (Fsp3) is 0.412. The molecule has 0 amide bonds. The molecule has 0 spiro atoms. The second-order valence-electron chi connectivity index (χ2n) is 5.80. The molecule has 0 fully saturated rings. The Labute approximate surface area is 154 Å². The zero-order chi connectivity index (χ0) is 18.7. The number of hydrogen-bond acceptors (Lipinski definition) is 8. The van der Waals surface area contributed by atoms with Gasteiger partial charge in [0.25, 0.3) is 0 Å². The van der Waals surface area contributed by atoms with Gasteiger partial charge < -0.3 is 20.1 Å². The first-order valence-electron chi connectivity index (χ1n) is 8.23. The molecule has 3 aromatic rings. The first-order valence-corrected chi connectivity index (χ1v) is 9.05. The topological polar surface area (TPSA) is 103 Å². The van der Waals surface area contributed by atoms with Gasteiger partial charge in [-0.1, -0.05) is 23.5 Å². The van der Waals surface area contributed by atoms with E-state index in [1.165, 1.54) is 15.9 Å². The van der Waals surface area contributed by atoms with Gasteiger partial charge in [0.15, 0.2) is 0 Å². The summed E-state index contributed by atoms with van der Waals surface area (Å²) in [7, 11) is 1.60. The van der Waals surface area contributed by atoms with Crippen molar-refractivity contribution in [2.45, 2.75) is 13.0 Å². The van der Waals surface area contributed by atoms with Crippen LogP contribution in [0, 0.1) is 6.92 Å². The predicted octanol–water partition coefficient (Wildman–Crippen LogP) is 1.19. The van der Waals surface area contributed by atoms with Gasteiger partial charge in [-0.3, -0.25) is 4.90 Å². The number of fused-ring (bicyclic) bond motifs is 1. The van der Waals surface area contributed by atoms with Crippen molar-refractivity contribution in [1.29, 1.82) is 0 Å². The summed E-state index contributed by atoms with van der Waals surface area (Å²) in [4.78, 5) is 7.50. The van der Waals surface area contributed by atoms with E-state index >= 15 is 0 Å². The molecule has 0 bridgehead atoms. The summed E-state index contributed by atoms with van der Waals surface area (Å²) in [5.41, 5.74) is 0.907. The van der Waals surface area contributed by atoms with E-state index in [1.54, 1.807) is 14.0 Å². The first kappa shape index (κ1) is 18.6. The van der Waals surface area contributed by atoms with Gasteiger partial charge in [-0.05, 0) is 24.6 Å². The number of thiazole rings is 1. The van der Waals surface area contributed by atoms with Gasteiger partial charge in [0.1, 0.15) is 11.6 Å². The normalized spacial score (nSPS) is 12.8. The van der Waals surface area contributed by atoms with E-state index in [0.29, 0.717) is 28.8 Å². The first-order chi connectivity index (χ1) is 12.6. The third-order valence-electron chi connectivity index (χ3n) is 4.13. The lowest BCUT2D eigenvalue weighted by Gasteiger charge is -2.30. The van der Waals surface area contributed by atoms with Gasteiger partial charge in [-0.25, -0.2) is 4.98 Å². The third-order valence-corrected chi connectivity index (χ3v) is 5.20. The number of aromatic nitrogens is 3. The number of aliphatic hydroxyl groups is 2. The Balaban J connectivity index is 2.10. The number of aryl methyl sites for hydroxylation is 1. The highest BCUT2D eigenvalue weighted by atomic mass is 32.1.